The Morgan fingerprint density at radius 1 is 1.53 bits per heavy atom. The monoisotopic (exact) mass is 238 g/mol. The van der Waals surface area contributed by atoms with Crippen molar-refractivity contribution in [3.8, 4) is 11.5 Å². The number of rotatable bonds is 6. The quantitative estimate of drug-likeness (QED) is 0.688. The van der Waals surface area contributed by atoms with Crippen molar-refractivity contribution in [1.29, 1.82) is 0 Å². The Bertz CT molecular complexity index is 393. The van der Waals surface area contributed by atoms with Gasteiger partial charge in [-0.3, -0.25) is 4.79 Å². The van der Waals surface area contributed by atoms with Crippen LogP contribution in [0.1, 0.15) is 25.5 Å². The van der Waals surface area contributed by atoms with E-state index in [1.54, 1.807) is 12.1 Å². The average Bonchev–Trinajstić information content (AvgIpc) is 2.29. The lowest BCUT2D eigenvalue weighted by molar-refractivity contribution is -0.120. The Hall–Kier alpha value is -1.75. The van der Waals surface area contributed by atoms with Gasteiger partial charge in [0, 0.05) is 0 Å². The van der Waals surface area contributed by atoms with Crippen LogP contribution in [0.15, 0.2) is 18.2 Å². The summed E-state index contributed by atoms with van der Waals surface area (Å²) in [5.41, 5.74) is 5.99. The summed E-state index contributed by atoms with van der Waals surface area (Å²) in [6.45, 7) is 4.78. The van der Waals surface area contributed by atoms with E-state index >= 15 is 0 Å². The number of nitrogens with one attached hydrogen (secondary N) is 1. The van der Waals surface area contributed by atoms with Crippen LogP contribution in [0.3, 0.4) is 0 Å². The summed E-state index contributed by atoms with van der Waals surface area (Å²) in [6, 6.07) is 4.19. The minimum atomic E-state index is -0.570. The van der Waals surface area contributed by atoms with E-state index in [4.69, 9.17) is 10.5 Å². The van der Waals surface area contributed by atoms with Crippen LogP contribution < -0.4 is 15.8 Å². The normalized spacial score (nSPS) is 12.1. The van der Waals surface area contributed by atoms with E-state index in [1.807, 2.05) is 13.8 Å². The van der Waals surface area contributed by atoms with Crippen molar-refractivity contribution in [1.82, 2.24) is 5.32 Å². The van der Waals surface area contributed by atoms with Crippen LogP contribution in [0, 0.1) is 0 Å². The molecular formula is C12H18N2O3. The van der Waals surface area contributed by atoms with Gasteiger partial charge >= 0.3 is 0 Å². The summed E-state index contributed by atoms with van der Waals surface area (Å²) >= 11 is 0. The lowest BCUT2D eigenvalue weighted by atomic mass is 10.1. The molecule has 1 rings (SSSR count). The molecular weight excluding hydrogens is 220 g/mol. The minimum absolute atomic E-state index is 0.0512. The van der Waals surface area contributed by atoms with Crippen molar-refractivity contribution < 1.29 is 14.6 Å². The number of carbonyl (C=O) groups is 1. The first kappa shape index (κ1) is 13.3. The molecule has 0 aromatic heterocycles. The number of likely N-dealkylation sites (N-methyl/N-ethyl adjacent to an activating group) is 1. The molecule has 4 N–H and O–H groups in total. The Morgan fingerprint density at radius 3 is 2.76 bits per heavy atom. The van der Waals surface area contributed by atoms with Gasteiger partial charge in [0.2, 0.25) is 5.91 Å². The molecule has 1 aromatic rings. The molecule has 0 heterocycles. The molecule has 0 fully saturated rings. The van der Waals surface area contributed by atoms with E-state index < -0.39 is 11.9 Å². The number of phenols is 1. The van der Waals surface area contributed by atoms with Crippen molar-refractivity contribution >= 4 is 5.91 Å². The number of hydrogen-bond donors (Lipinski definition) is 3. The smallest absolute Gasteiger partial charge is 0.239 e. The second kappa shape index (κ2) is 6.10. The Kier molecular flexibility index (Phi) is 4.78. The number of hydrogen-bond acceptors (Lipinski definition) is 4. The fraction of sp³-hybridized carbons (Fsp3) is 0.417. The summed E-state index contributed by atoms with van der Waals surface area (Å²) in [4.78, 5) is 11.3. The van der Waals surface area contributed by atoms with Crippen molar-refractivity contribution in [3.63, 3.8) is 0 Å². The highest BCUT2D eigenvalue weighted by molar-refractivity contribution is 5.81. The van der Waals surface area contributed by atoms with Crippen molar-refractivity contribution in [2.45, 2.75) is 19.9 Å². The molecule has 0 aliphatic rings. The van der Waals surface area contributed by atoms with Gasteiger partial charge in [-0.05, 0) is 31.2 Å². The summed E-state index contributed by atoms with van der Waals surface area (Å²) in [6.07, 6.45) is 0. The predicted octanol–water partition coefficient (Wildman–Crippen LogP) is 0.927. The zero-order valence-electron chi connectivity index (χ0n) is 10.1. The zero-order valence-corrected chi connectivity index (χ0v) is 10.1. The number of benzene rings is 1. The van der Waals surface area contributed by atoms with Gasteiger partial charge < -0.3 is 20.9 Å². The van der Waals surface area contributed by atoms with Gasteiger partial charge in [0.05, 0.1) is 6.61 Å². The standard InChI is InChI=1S/C12H18N2O3/c1-3-14-11(12(13)16)8-5-6-9(15)10(7-8)17-4-2/h5-7,11,14-15H,3-4H2,1-2H3,(H2,13,16). The summed E-state index contributed by atoms with van der Waals surface area (Å²) in [5.74, 6) is -0.0514. The summed E-state index contributed by atoms with van der Waals surface area (Å²) in [7, 11) is 0. The largest absolute Gasteiger partial charge is 0.504 e. The van der Waals surface area contributed by atoms with Gasteiger partial charge in [-0.2, -0.15) is 0 Å². The molecule has 5 heteroatoms. The minimum Gasteiger partial charge on any atom is -0.504 e. The highest BCUT2D eigenvalue weighted by Gasteiger charge is 2.17. The molecule has 5 nitrogen and oxygen atoms in total. The Morgan fingerprint density at radius 2 is 2.24 bits per heavy atom. The Labute approximate surface area is 101 Å². The number of phenolic OH excluding ortho intramolecular Hbond substituents is 1. The summed E-state index contributed by atoms with van der Waals surface area (Å²) in [5, 5.41) is 12.5. The van der Waals surface area contributed by atoms with Crippen molar-refractivity contribution in [2.75, 3.05) is 13.2 Å². The maximum atomic E-state index is 11.3. The third kappa shape index (κ3) is 3.35. The van der Waals surface area contributed by atoms with E-state index in [9.17, 15) is 9.90 Å². The average molecular weight is 238 g/mol. The maximum Gasteiger partial charge on any atom is 0.239 e. The second-order valence-electron chi connectivity index (χ2n) is 3.55. The van der Waals surface area contributed by atoms with E-state index in [0.717, 1.165) is 0 Å². The van der Waals surface area contributed by atoms with E-state index in [0.29, 0.717) is 24.5 Å². The van der Waals surface area contributed by atoms with E-state index in [1.165, 1.54) is 6.07 Å². The number of primary amides is 1. The molecule has 1 atom stereocenters. The molecule has 0 aliphatic heterocycles. The first-order valence-electron chi connectivity index (χ1n) is 5.58. The second-order valence-corrected chi connectivity index (χ2v) is 3.55. The van der Waals surface area contributed by atoms with Crippen molar-refractivity contribution in [3.05, 3.63) is 23.8 Å². The van der Waals surface area contributed by atoms with Crippen LogP contribution >= 0.6 is 0 Å². The van der Waals surface area contributed by atoms with Crippen LogP contribution in [0.5, 0.6) is 11.5 Å². The van der Waals surface area contributed by atoms with Crippen LogP contribution in [0.25, 0.3) is 0 Å². The zero-order chi connectivity index (χ0) is 12.8. The van der Waals surface area contributed by atoms with Gasteiger partial charge in [-0.25, -0.2) is 0 Å². The molecule has 17 heavy (non-hydrogen) atoms. The van der Waals surface area contributed by atoms with Crippen molar-refractivity contribution in [2.24, 2.45) is 5.73 Å². The first-order chi connectivity index (χ1) is 8.10. The first-order valence-corrected chi connectivity index (χ1v) is 5.58. The molecule has 1 amide bonds. The van der Waals surface area contributed by atoms with Crippen LogP contribution in [-0.4, -0.2) is 24.2 Å². The molecule has 94 valence electrons. The third-order valence-corrected chi connectivity index (χ3v) is 2.31. The van der Waals surface area contributed by atoms with Gasteiger partial charge in [-0.15, -0.1) is 0 Å². The van der Waals surface area contributed by atoms with Crippen LogP contribution in [0.2, 0.25) is 0 Å². The highest BCUT2D eigenvalue weighted by atomic mass is 16.5. The molecule has 0 radical (unpaired) electrons. The molecule has 0 saturated heterocycles. The number of carbonyl (C=O) groups excluding carboxylic acids is 1. The molecule has 1 aromatic carbocycles. The molecule has 0 aliphatic carbocycles. The van der Waals surface area contributed by atoms with E-state index in [2.05, 4.69) is 5.32 Å². The van der Waals surface area contributed by atoms with Crippen LogP contribution in [-0.2, 0) is 4.79 Å². The number of nitrogens with two attached hydrogens (primary N) is 1. The van der Waals surface area contributed by atoms with Crippen LogP contribution in [0.4, 0.5) is 0 Å². The fourth-order valence-corrected chi connectivity index (χ4v) is 1.57. The molecule has 0 spiro atoms. The van der Waals surface area contributed by atoms with E-state index in [-0.39, 0.29) is 5.75 Å². The van der Waals surface area contributed by atoms with Gasteiger partial charge in [0.15, 0.2) is 11.5 Å². The molecule has 1 unspecified atom stereocenters. The lowest BCUT2D eigenvalue weighted by Gasteiger charge is -2.16. The van der Waals surface area contributed by atoms with Gasteiger partial charge in [0.1, 0.15) is 6.04 Å². The maximum absolute atomic E-state index is 11.3. The lowest BCUT2D eigenvalue weighted by Crippen LogP contribution is -2.33. The predicted molar refractivity (Wildman–Crippen MR) is 64.9 cm³/mol. The van der Waals surface area contributed by atoms with Gasteiger partial charge in [-0.1, -0.05) is 13.0 Å². The molecule has 0 saturated carbocycles. The number of aromatic hydroxyl groups is 1. The third-order valence-electron chi connectivity index (χ3n) is 2.31. The topological polar surface area (TPSA) is 84.6 Å². The highest BCUT2D eigenvalue weighted by Crippen LogP contribution is 2.29. The number of amides is 1. The fourth-order valence-electron chi connectivity index (χ4n) is 1.57. The summed E-state index contributed by atoms with van der Waals surface area (Å²) < 4.78 is 5.26. The number of ether oxygens (including phenoxy) is 1. The Balaban J connectivity index is 3.03. The SMILES string of the molecule is CCNC(C(N)=O)c1ccc(O)c(OCC)c1. The van der Waals surface area contributed by atoms with Gasteiger partial charge in [0.25, 0.3) is 0 Å². The molecule has 0 bridgehead atoms.